The van der Waals surface area contributed by atoms with Crippen LogP contribution in [0.15, 0.2) is 35.9 Å². The Hall–Kier alpha value is -3.34. The first kappa shape index (κ1) is 23.8. The molecule has 1 aromatic carbocycles. The van der Waals surface area contributed by atoms with Gasteiger partial charge in [0.1, 0.15) is 16.6 Å². The second kappa shape index (κ2) is 9.88. The fourth-order valence-corrected chi connectivity index (χ4v) is 6.00. The molecule has 0 bridgehead atoms. The van der Waals surface area contributed by atoms with E-state index in [0.717, 1.165) is 53.2 Å². The highest BCUT2D eigenvalue weighted by molar-refractivity contribution is 7.15. The number of methoxy groups -OCH3 is 1. The maximum atomic E-state index is 12.8. The van der Waals surface area contributed by atoms with E-state index in [1.807, 2.05) is 30.6 Å². The molecule has 0 unspecified atom stereocenters. The molecule has 0 fully saturated rings. The number of thiophene rings is 1. The molecule has 0 radical (unpaired) electrons. The molecule has 2 aromatic heterocycles. The average Bonchev–Trinajstić information content (AvgIpc) is 3.34. The molecule has 0 saturated heterocycles. The van der Waals surface area contributed by atoms with Crippen molar-refractivity contribution in [3.8, 4) is 11.1 Å². The molecule has 1 N–H and O–H groups in total. The van der Waals surface area contributed by atoms with Gasteiger partial charge in [-0.05, 0) is 74.9 Å². The molecule has 0 spiro atoms. The highest BCUT2D eigenvalue weighted by Gasteiger charge is 2.28. The lowest BCUT2D eigenvalue weighted by Crippen LogP contribution is -2.13. The van der Waals surface area contributed by atoms with Crippen molar-refractivity contribution in [3.63, 3.8) is 0 Å². The Morgan fingerprint density at radius 3 is 2.68 bits per heavy atom. The number of anilines is 1. The van der Waals surface area contributed by atoms with Crippen LogP contribution in [0.4, 0.5) is 5.69 Å². The lowest BCUT2D eigenvalue weighted by molar-refractivity contribution is -0.112. The van der Waals surface area contributed by atoms with E-state index in [1.165, 1.54) is 12.0 Å². The number of nitrogens with zero attached hydrogens (tertiary/aromatic N) is 2. The number of aromatic nitrogens is 1. The standard InChI is InChI=1S/C26H24ClN3O3S/c1-15-12-17(13-18(14-28)24(31)29-21-10-6-5-9-20(21)27)16(2)30(15)25-23(26(32)33-3)19-8-4-7-11-22(19)34-25/h5-6,9-10,12-13H,4,7-8,11H2,1-3H3,(H,29,31)/b18-13-. The third-order valence-corrected chi connectivity index (χ3v) is 7.61. The Morgan fingerprint density at radius 2 is 1.97 bits per heavy atom. The van der Waals surface area contributed by atoms with Gasteiger partial charge in [-0.3, -0.25) is 4.79 Å². The SMILES string of the molecule is COC(=O)c1c(-n2c(C)cc(/C=C(/C#N)C(=O)Nc3ccccc3Cl)c2C)sc2c1CCCC2. The van der Waals surface area contributed by atoms with Gasteiger partial charge in [-0.1, -0.05) is 23.7 Å². The van der Waals surface area contributed by atoms with Crippen molar-refractivity contribution in [3.05, 3.63) is 73.9 Å². The number of halogens is 1. The Balaban J connectivity index is 1.75. The molecule has 3 aromatic rings. The maximum absolute atomic E-state index is 12.8. The van der Waals surface area contributed by atoms with Gasteiger partial charge in [-0.25, -0.2) is 4.79 Å². The van der Waals surface area contributed by atoms with E-state index < -0.39 is 5.91 Å². The molecule has 0 aliphatic heterocycles. The molecular weight excluding hydrogens is 470 g/mol. The van der Waals surface area contributed by atoms with Crippen molar-refractivity contribution in [1.82, 2.24) is 4.57 Å². The summed E-state index contributed by atoms with van der Waals surface area (Å²) < 4.78 is 7.14. The number of amides is 1. The largest absolute Gasteiger partial charge is 0.465 e. The minimum Gasteiger partial charge on any atom is -0.465 e. The van der Waals surface area contributed by atoms with Crippen LogP contribution < -0.4 is 5.32 Å². The number of hydrogen-bond donors (Lipinski definition) is 1. The third kappa shape index (κ3) is 4.39. The molecule has 1 amide bonds. The summed E-state index contributed by atoms with van der Waals surface area (Å²) >= 11 is 7.75. The zero-order chi connectivity index (χ0) is 24.4. The molecule has 0 saturated carbocycles. The summed E-state index contributed by atoms with van der Waals surface area (Å²) in [7, 11) is 1.40. The van der Waals surface area contributed by atoms with Gasteiger partial charge >= 0.3 is 5.97 Å². The summed E-state index contributed by atoms with van der Waals surface area (Å²) in [5.74, 6) is -0.877. The van der Waals surface area contributed by atoms with Gasteiger partial charge in [0.2, 0.25) is 0 Å². The highest BCUT2D eigenvalue weighted by Crippen LogP contribution is 2.39. The molecule has 1 aliphatic rings. The first-order chi connectivity index (χ1) is 16.3. The van der Waals surface area contributed by atoms with Crippen molar-refractivity contribution >= 4 is 46.6 Å². The van der Waals surface area contributed by atoms with Gasteiger partial charge in [0.05, 0.1) is 23.4 Å². The van der Waals surface area contributed by atoms with Crippen molar-refractivity contribution in [2.75, 3.05) is 12.4 Å². The smallest absolute Gasteiger partial charge is 0.341 e. The quantitative estimate of drug-likeness (QED) is 0.267. The van der Waals surface area contributed by atoms with Crippen LogP contribution in [-0.2, 0) is 22.4 Å². The summed E-state index contributed by atoms with van der Waals surface area (Å²) in [6, 6.07) is 10.8. The molecule has 174 valence electrons. The molecular formula is C26H24ClN3O3S. The van der Waals surface area contributed by atoms with Crippen molar-refractivity contribution in [2.24, 2.45) is 0 Å². The van der Waals surface area contributed by atoms with Crippen LogP contribution in [0.5, 0.6) is 0 Å². The van der Waals surface area contributed by atoms with Crippen LogP contribution in [0.2, 0.25) is 5.02 Å². The maximum Gasteiger partial charge on any atom is 0.341 e. The molecule has 0 atom stereocenters. The number of rotatable bonds is 5. The van der Waals surface area contributed by atoms with E-state index in [0.29, 0.717) is 16.3 Å². The number of fused-ring (bicyclic) bond motifs is 1. The van der Waals surface area contributed by atoms with Crippen LogP contribution >= 0.6 is 22.9 Å². The number of nitrogens with one attached hydrogen (secondary N) is 1. The summed E-state index contributed by atoms with van der Waals surface area (Å²) in [5.41, 5.74) is 4.56. The fraction of sp³-hybridized carbons (Fsp3) is 0.269. The minimum atomic E-state index is -0.540. The molecule has 4 rings (SSSR count). The summed E-state index contributed by atoms with van der Waals surface area (Å²) in [4.78, 5) is 26.7. The van der Waals surface area contributed by atoms with Gasteiger partial charge in [0.25, 0.3) is 5.91 Å². The summed E-state index contributed by atoms with van der Waals surface area (Å²) in [6.07, 6.45) is 5.55. The molecule has 1 aliphatic carbocycles. The van der Waals surface area contributed by atoms with Crippen LogP contribution in [-0.4, -0.2) is 23.6 Å². The Kier molecular flexibility index (Phi) is 6.92. The van der Waals surface area contributed by atoms with E-state index in [9.17, 15) is 14.9 Å². The average molecular weight is 494 g/mol. The minimum absolute atomic E-state index is 0.0427. The van der Waals surface area contributed by atoms with E-state index in [1.54, 1.807) is 41.7 Å². The predicted molar refractivity (Wildman–Crippen MR) is 135 cm³/mol. The van der Waals surface area contributed by atoms with Gasteiger partial charge in [-0.2, -0.15) is 5.26 Å². The Labute approximate surface area is 207 Å². The summed E-state index contributed by atoms with van der Waals surface area (Å²) in [6.45, 7) is 3.86. The normalized spacial score (nSPS) is 13.2. The number of carbonyl (C=O) groups is 2. The zero-order valence-corrected chi connectivity index (χ0v) is 20.8. The lowest BCUT2D eigenvalue weighted by atomic mass is 9.95. The van der Waals surface area contributed by atoms with E-state index in [4.69, 9.17) is 16.3 Å². The first-order valence-corrected chi connectivity index (χ1v) is 12.1. The second-order valence-electron chi connectivity index (χ2n) is 8.15. The lowest BCUT2D eigenvalue weighted by Gasteiger charge is -2.12. The molecule has 8 heteroatoms. The molecule has 6 nitrogen and oxygen atoms in total. The summed E-state index contributed by atoms with van der Waals surface area (Å²) in [5, 5.41) is 13.6. The van der Waals surface area contributed by atoms with E-state index in [-0.39, 0.29) is 11.5 Å². The topological polar surface area (TPSA) is 84.1 Å². The van der Waals surface area contributed by atoms with Crippen LogP contribution in [0.1, 0.15) is 50.6 Å². The number of ether oxygens (including phenoxy) is 1. The van der Waals surface area contributed by atoms with E-state index in [2.05, 4.69) is 5.32 Å². The number of nitriles is 1. The van der Waals surface area contributed by atoms with Crippen molar-refractivity contribution in [1.29, 1.82) is 5.26 Å². The van der Waals surface area contributed by atoms with Crippen LogP contribution in [0.3, 0.4) is 0 Å². The number of aryl methyl sites for hydroxylation is 2. The van der Waals surface area contributed by atoms with Gasteiger partial charge in [-0.15, -0.1) is 11.3 Å². The van der Waals surface area contributed by atoms with Crippen LogP contribution in [0, 0.1) is 25.2 Å². The molecule has 34 heavy (non-hydrogen) atoms. The Morgan fingerprint density at radius 1 is 1.24 bits per heavy atom. The Bertz CT molecular complexity index is 1360. The zero-order valence-electron chi connectivity index (χ0n) is 19.2. The third-order valence-electron chi connectivity index (χ3n) is 6.00. The number of benzene rings is 1. The second-order valence-corrected chi connectivity index (χ2v) is 9.64. The van der Waals surface area contributed by atoms with Gasteiger partial charge < -0.3 is 14.6 Å². The van der Waals surface area contributed by atoms with Crippen molar-refractivity contribution in [2.45, 2.75) is 39.5 Å². The predicted octanol–water partition coefficient (Wildman–Crippen LogP) is 6.02. The van der Waals surface area contributed by atoms with Crippen molar-refractivity contribution < 1.29 is 14.3 Å². The number of esters is 1. The van der Waals surface area contributed by atoms with Crippen LogP contribution in [0.25, 0.3) is 11.1 Å². The first-order valence-electron chi connectivity index (χ1n) is 11.0. The number of carbonyl (C=O) groups excluding carboxylic acids is 2. The monoisotopic (exact) mass is 493 g/mol. The number of para-hydroxylation sites is 1. The molecule has 2 heterocycles. The fourth-order valence-electron chi connectivity index (χ4n) is 4.32. The van der Waals surface area contributed by atoms with Gasteiger partial charge in [0, 0.05) is 16.3 Å². The number of hydrogen-bond acceptors (Lipinski definition) is 5. The van der Waals surface area contributed by atoms with Gasteiger partial charge in [0.15, 0.2) is 0 Å². The van der Waals surface area contributed by atoms with E-state index >= 15 is 0 Å². The highest BCUT2D eigenvalue weighted by atomic mass is 35.5.